The van der Waals surface area contributed by atoms with E-state index in [1.807, 2.05) is 22.5 Å². The van der Waals surface area contributed by atoms with Crippen molar-refractivity contribution in [2.24, 2.45) is 0 Å². The monoisotopic (exact) mass is 334 g/mol. The summed E-state index contributed by atoms with van der Waals surface area (Å²) in [6.07, 6.45) is 10.4. The topological polar surface area (TPSA) is 24.3 Å². The maximum Gasteiger partial charge on any atom is 0.0638 e. The predicted molar refractivity (Wildman–Crippen MR) is 99.0 cm³/mol. The van der Waals surface area contributed by atoms with E-state index in [0.29, 0.717) is 6.04 Å². The first-order chi connectivity index (χ1) is 11.2. The first-order valence-electron chi connectivity index (χ1n) is 8.82. The molecule has 0 spiro atoms. The van der Waals surface area contributed by atoms with Crippen molar-refractivity contribution in [1.82, 2.24) is 19.6 Å². The minimum Gasteiger partial charge on any atom is -0.298 e. The molecule has 3 rings (SSSR count). The number of aryl methyl sites for hydroxylation is 1. The van der Waals surface area contributed by atoms with Gasteiger partial charge in [-0.3, -0.25) is 14.5 Å². The second-order valence-corrected chi connectivity index (χ2v) is 7.89. The van der Waals surface area contributed by atoms with Crippen LogP contribution in [0.3, 0.4) is 0 Å². The summed E-state index contributed by atoms with van der Waals surface area (Å²) in [6.45, 7) is 11.6. The Morgan fingerprint density at radius 2 is 2.30 bits per heavy atom. The lowest BCUT2D eigenvalue weighted by atomic mass is 10.0. The predicted octanol–water partition coefficient (Wildman–Crippen LogP) is 2.78. The van der Waals surface area contributed by atoms with Gasteiger partial charge in [0.2, 0.25) is 0 Å². The van der Waals surface area contributed by atoms with Gasteiger partial charge in [0.1, 0.15) is 0 Å². The van der Waals surface area contributed by atoms with E-state index in [2.05, 4.69) is 40.9 Å². The number of allylic oxidation sites excluding steroid dienone is 1. The van der Waals surface area contributed by atoms with Gasteiger partial charge in [-0.05, 0) is 44.7 Å². The van der Waals surface area contributed by atoms with E-state index in [-0.39, 0.29) is 0 Å². The lowest BCUT2D eigenvalue weighted by molar-refractivity contribution is 0.0441. The molecule has 0 unspecified atom stereocenters. The summed E-state index contributed by atoms with van der Waals surface area (Å²) in [5.41, 5.74) is 2.55. The molecule has 0 bridgehead atoms. The molecule has 128 valence electrons. The molecule has 0 N–H and O–H groups in total. The summed E-state index contributed by atoms with van der Waals surface area (Å²) in [5, 5.41) is 4.62. The average molecular weight is 335 g/mol. The van der Waals surface area contributed by atoms with Gasteiger partial charge in [-0.15, -0.1) is 6.58 Å². The van der Waals surface area contributed by atoms with Crippen LogP contribution in [0.5, 0.6) is 0 Å². The van der Waals surface area contributed by atoms with Gasteiger partial charge in [0.15, 0.2) is 0 Å². The molecule has 23 heavy (non-hydrogen) atoms. The Labute approximate surface area is 144 Å². The second-order valence-electron chi connectivity index (χ2n) is 6.91. The van der Waals surface area contributed by atoms with Crippen LogP contribution < -0.4 is 0 Å². The highest BCUT2D eigenvalue weighted by atomic mass is 32.2. The Morgan fingerprint density at radius 1 is 1.43 bits per heavy atom. The highest BCUT2D eigenvalue weighted by Crippen LogP contribution is 2.28. The quantitative estimate of drug-likeness (QED) is 0.716. The summed E-state index contributed by atoms with van der Waals surface area (Å²) in [6, 6.07) is 1.48. The molecule has 0 saturated carbocycles. The van der Waals surface area contributed by atoms with Crippen molar-refractivity contribution in [3.63, 3.8) is 0 Å². The van der Waals surface area contributed by atoms with Crippen molar-refractivity contribution >= 4 is 11.8 Å². The van der Waals surface area contributed by atoms with Crippen molar-refractivity contribution in [1.29, 1.82) is 0 Å². The zero-order chi connectivity index (χ0) is 16.2. The Balaban J connectivity index is 1.70. The van der Waals surface area contributed by atoms with Crippen LogP contribution in [-0.2, 0) is 13.1 Å². The van der Waals surface area contributed by atoms with Crippen molar-refractivity contribution in [2.45, 2.75) is 51.4 Å². The molecule has 0 amide bonds. The largest absolute Gasteiger partial charge is 0.298 e. The number of fused-ring (bicyclic) bond motifs is 1. The molecular formula is C18H30N4S. The molecule has 5 heteroatoms. The maximum atomic E-state index is 4.62. The highest BCUT2D eigenvalue weighted by molar-refractivity contribution is 7.98. The fourth-order valence-electron chi connectivity index (χ4n) is 4.03. The average Bonchev–Trinajstić information content (AvgIpc) is 3.12. The number of rotatable bonds is 7. The number of nitrogens with zero attached hydrogens (tertiary/aromatic N) is 4. The van der Waals surface area contributed by atoms with E-state index >= 15 is 0 Å². The number of piperazine rings is 1. The Kier molecular flexibility index (Phi) is 5.83. The van der Waals surface area contributed by atoms with Crippen LogP contribution in [0.15, 0.2) is 18.9 Å². The van der Waals surface area contributed by atoms with Gasteiger partial charge in [0.25, 0.3) is 0 Å². The molecule has 0 radical (unpaired) electrons. The van der Waals surface area contributed by atoms with Crippen molar-refractivity contribution in [3.8, 4) is 0 Å². The fourth-order valence-corrected chi connectivity index (χ4v) is 4.54. The third-order valence-corrected chi connectivity index (χ3v) is 5.94. The normalized spacial score (nSPS) is 25.7. The van der Waals surface area contributed by atoms with Crippen LogP contribution in [0.4, 0.5) is 0 Å². The highest BCUT2D eigenvalue weighted by Gasteiger charge is 2.36. The summed E-state index contributed by atoms with van der Waals surface area (Å²) in [7, 11) is 0. The molecule has 2 aliphatic rings. The number of hydrogen-bond donors (Lipinski definition) is 0. The molecule has 2 aliphatic heterocycles. The van der Waals surface area contributed by atoms with Crippen molar-refractivity contribution < 1.29 is 0 Å². The third-order valence-electron chi connectivity index (χ3n) is 5.30. The zero-order valence-corrected chi connectivity index (χ0v) is 15.4. The summed E-state index contributed by atoms with van der Waals surface area (Å²) < 4.78 is 2.01. The summed E-state index contributed by atoms with van der Waals surface area (Å²) >= 11 is 1.97. The molecule has 2 saturated heterocycles. The third kappa shape index (κ3) is 4.01. The van der Waals surface area contributed by atoms with Crippen molar-refractivity contribution in [2.75, 3.05) is 31.6 Å². The van der Waals surface area contributed by atoms with E-state index in [4.69, 9.17) is 0 Å². The molecule has 4 nitrogen and oxygen atoms in total. The van der Waals surface area contributed by atoms with E-state index in [1.165, 1.54) is 55.9 Å². The standard InChI is InChI=1S/C18H30N4S/c1-4-8-22-12-16(15(2)19-22)11-21-14-17-6-5-9-20(17)13-18(21)7-10-23-3/h4,12,17-18H,1,5-11,13-14H2,2-3H3/t17-,18-/m0/s1. The lowest BCUT2D eigenvalue weighted by Crippen LogP contribution is -2.55. The second kappa shape index (κ2) is 7.86. The van der Waals surface area contributed by atoms with Gasteiger partial charge in [-0.25, -0.2) is 0 Å². The van der Waals surface area contributed by atoms with Gasteiger partial charge in [-0.2, -0.15) is 16.9 Å². The molecule has 0 aromatic carbocycles. The van der Waals surface area contributed by atoms with Crippen LogP contribution in [0.1, 0.15) is 30.5 Å². The van der Waals surface area contributed by atoms with Crippen LogP contribution in [-0.4, -0.2) is 63.3 Å². The number of hydrogen-bond acceptors (Lipinski definition) is 4. The SMILES string of the molecule is C=CCn1cc(CN2C[C@@H]3CCCN3C[C@@H]2CCSC)c(C)n1. The summed E-state index contributed by atoms with van der Waals surface area (Å²) in [4.78, 5) is 5.46. The van der Waals surface area contributed by atoms with Crippen molar-refractivity contribution in [3.05, 3.63) is 30.1 Å². The number of thioether (sulfide) groups is 1. The van der Waals surface area contributed by atoms with Crippen LogP contribution >= 0.6 is 11.8 Å². The van der Waals surface area contributed by atoms with Crippen LogP contribution in [0.2, 0.25) is 0 Å². The molecule has 1 aromatic rings. The smallest absolute Gasteiger partial charge is 0.0638 e. The number of aromatic nitrogens is 2. The van der Waals surface area contributed by atoms with E-state index < -0.39 is 0 Å². The minimum absolute atomic E-state index is 0.693. The molecule has 1 aromatic heterocycles. The lowest BCUT2D eigenvalue weighted by Gasteiger charge is -2.43. The first-order valence-corrected chi connectivity index (χ1v) is 10.2. The van der Waals surface area contributed by atoms with E-state index in [1.54, 1.807) is 0 Å². The Bertz CT molecular complexity index is 527. The van der Waals surface area contributed by atoms with Gasteiger partial charge in [-0.1, -0.05) is 6.08 Å². The van der Waals surface area contributed by atoms with Gasteiger partial charge < -0.3 is 0 Å². The molecule has 2 atom stereocenters. The molecule has 2 fully saturated rings. The molecule has 0 aliphatic carbocycles. The Hall–Kier alpha value is -0.780. The maximum absolute atomic E-state index is 4.62. The zero-order valence-electron chi connectivity index (χ0n) is 14.6. The molecular weight excluding hydrogens is 304 g/mol. The fraction of sp³-hybridized carbons (Fsp3) is 0.722. The van der Waals surface area contributed by atoms with E-state index in [0.717, 1.165) is 19.1 Å². The first kappa shape index (κ1) is 17.1. The van der Waals surface area contributed by atoms with Crippen LogP contribution in [0.25, 0.3) is 0 Å². The van der Waals surface area contributed by atoms with Gasteiger partial charge in [0, 0.05) is 43.5 Å². The molecule has 3 heterocycles. The Morgan fingerprint density at radius 3 is 3.09 bits per heavy atom. The van der Waals surface area contributed by atoms with Gasteiger partial charge >= 0.3 is 0 Å². The van der Waals surface area contributed by atoms with E-state index in [9.17, 15) is 0 Å². The minimum atomic E-state index is 0.693. The van der Waals surface area contributed by atoms with Gasteiger partial charge in [0.05, 0.1) is 12.2 Å². The van der Waals surface area contributed by atoms with Crippen LogP contribution in [0, 0.1) is 6.92 Å². The summed E-state index contributed by atoms with van der Waals surface area (Å²) in [5.74, 6) is 1.26.